The number of benzene rings is 1. The zero-order valence-electron chi connectivity index (χ0n) is 9.26. The van der Waals surface area contributed by atoms with Crippen molar-refractivity contribution in [2.45, 2.75) is 6.54 Å². The van der Waals surface area contributed by atoms with Gasteiger partial charge in [0.15, 0.2) is 0 Å². The summed E-state index contributed by atoms with van der Waals surface area (Å²) in [6.45, 7) is 0.608. The lowest BCUT2D eigenvalue weighted by atomic mass is 10.1. The van der Waals surface area contributed by atoms with E-state index in [0.29, 0.717) is 6.54 Å². The molecule has 17 heavy (non-hydrogen) atoms. The minimum atomic E-state index is 0.608. The van der Waals surface area contributed by atoms with Gasteiger partial charge in [-0.1, -0.05) is 18.2 Å². The average Bonchev–Trinajstić information content (AvgIpc) is 2.87. The first-order valence-electron chi connectivity index (χ1n) is 5.51. The maximum Gasteiger partial charge on any atom is 0.0708 e. The van der Waals surface area contributed by atoms with E-state index in [4.69, 9.17) is 5.73 Å². The molecule has 2 aromatic heterocycles. The number of hydrogen-bond acceptors (Lipinski definition) is 3. The highest BCUT2D eigenvalue weighted by Gasteiger charge is 2.03. The van der Waals surface area contributed by atoms with E-state index in [1.54, 1.807) is 11.3 Å². The van der Waals surface area contributed by atoms with Crippen LogP contribution in [-0.2, 0) is 6.54 Å². The molecule has 2 nitrogen and oxygen atoms in total. The fourth-order valence-corrected chi connectivity index (χ4v) is 2.75. The van der Waals surface area contributed by atoms with E-state index in [9.17, 15) is 0 Å². The molecule has 3 rings (SSSR count). The average molecular weight is 240 g/mol. The normalized spacial score (nSPS) is 10.9. The molecular formula is C14H12N2S. The monoisotopic (exact) mass is 240 g/mol. The van der Waals surface area contributed by atoms with Crippen LogP contribution in [0.2, 0.25) is 0 Å². The molecular weight excluding hydrogens is 228 g/mol. The molecule has 0 aliphatic rings. The SMILES string of the molecule is NCc1ccc(-c2ccc3cccnc3c2)s1. The predicted octanol–water partition coefficient (Wildman–Crippen LogP) is 3.42. The van der Waals surface area contributed by atoms with E-state index < -0.39 is 0 Å². The van der Waals surface area contributed by atoms with Crippen LogP contribution in [0.4, 0.5) is 0 Å². The molecule has 84 valence electrons. The van der Waals surface area contributed by atoms with Gasteiger partial charge in [-0.15, -0.1) is 11.3 Å². The molecule has 1 aromatic carbocycles. The Hall–Kier alpha value is -1.71. The van der Waals surface area contributed by atoms with Crippen molar-refractivity contribution in [3.63, 3.8) is 0 Å². The first-order valence-corrected chi connectivity index (χ1v) is 6.32. The maximum atomic E-state index is 5.63. The molecule has 3 heteroatoms. The number of pyridine rings is 1. The summed E-state index contributed by atoms with van der Waals surface area (Å²) in [5.41, 5.74) is 7.87. The Kier molecular flexibility index (Phi) is 2.63. The van der Waals surface area contributed by atoms with Crippen molar-refractivity contribution in [2.75, 3.05) is 0 Å². The molecule has 3 aromatic rings. The molecule has 0 atom stereocenters. The molecule has 0 fully saturated rings. The lowest BCUT2D eigenvalue weighted by molar-refractivity contribution is 1.11. The first kappa shape index (κ1) is 10.4. The van der Waals surface area contributed by atoms with Crippen LogP contribution in [-0.4, -0.2) is 4.98 Å². The fourth-order valence-electron chi connectivity index (χ4n) is 1.86. The molecule has 2 heterocycles. The van der Waals surface area contributed by atoms with Gasteiger partial charge in [-0.25, -0.2) is 0 Å². The standard InChI is InChI=1S/C14H12N2S/c15-9-12-5-6-14(17-12)11-4-3-10-2-1-7-16-13(10)8-11/h1-8H,9,15H2. The molecule has 0 saturated heterocycles. The summed E-state index contributed by atoms with van der Waals surface area (Å²) in [5, 5.41) is 1.17. The Labute approximate surface area is 104 Å². The highest BCUT2D eigenvalue weighted by atomic mass is 32.1. The number of nitrogens with zero attached hydrogens (tertiary/aromatic N) is 1. The molecule has 0 bridgehead atoms. The van der Waals surface area contributed by atoms with Crippen molar-refractivity contribution in [2.24, 2.45) is 5.73 Å². The van der Waals surface area contributed by atoms with Crippen LogP contribution in [0.1, 0.15) is 4.88 Å². The van der Waals surface area contributed by atoms with Gasteiger partial charge in [0.25, 0.3) is 0 Å². The second kappa shape index (κ2) is 4.28. The third-order valence-corrected chi connectivity index (χ3v) is 3.91. The quantitative estimate of drug-likeness (QED) is 0.745. The largest absolute Gasteiger partial charge is 0.326 e. The van der Waals surface area contributed by atoms with Crippen LogP contribution in [0.15, 0.2) is 48.7 Å². The van der Waals surface area contributed by atoms with Gasteiger partial charge in [0.1, 0.15) is 0 Å². The van der Waals surface area contributed by atoms with Crippen LogP contribution in [0, 0.1) is 0 Å². The Morgan fingerprint density at radius 1 is 1.12 bits per heavy atom. The van der Waals surface area contributed by atoms with Gasteiger partial charge in [0, 0.05) is 27.9 Å². The Morgan fingerprint density at radius 2 is 2.06 bits per heavy atom. The first-order chi connectivity index (χ1) is 8.36. The maximum absolute atomic E-state index is 5.63. The van der Waals surface area contributed by atoms with Gasteiger partial charge >= 0.3 is 0 Å². The smallest absolute Gasteiger partial charge is 0.0708 e. The number of fused-ring (bicyclic) bond motifs is 1. The van der Waals surface area contributed by atoms with Crippen molar-refractivity contribution in [1.29, 1.82) is 0 Å². The van der Waals surface area contributed by atoms with E-state index in [-0.39, 0.29) is 0 Å². The second-order valence-electron chi connectivity index (χ2n) is 3.88. The van der Waals surface area contributed by atoms with Gasteiger partial charge in [0.05, 0.1) is 5.52 Å². The Bertz CT molecular complexity index is 658. The summed E-state index contributed by atoms with van der Waals surface area (Å²) < 4.78 is 0. The molecule has 0 radical (unpaired) electrons. The summed E-state index contributed by atoms with van der Waals surface area (Å²) in [5.74, 6) is 0. The molecule has 0 amide bonds. The molecule has 0 aliphatic heterocycles. The summed E-state index contributed by atoms with van der Waals surface area (Å²) in [6.07, 6.45) is 1.83. The number of rotatable bonds is 2. The summed E-state index contributed by atoms with van der Waals surface area (Å²) >= 11 is 1.74. The molecule has 0 spiro atoms. The van der Waals surface area contributed by atoms with Crippen molar-refractivity contribution < 1.29 is 0 Å². The van der Waals surface area contributed by atoms with Crippen molar-refractivity contribution in [3.05, 3.63) is 53.5 Å². The third-order valence-electron chi connectivity index (χ3n) is 2.75. The van der Waals surface area contributed by atoms with E-state index in [1.807, 2.05) is 12.3 Å². The number of thiophene rings is 1. The summed E-state index contributed by atoms with van der Waals surface area (Å²) in [6, 6.07) is 14.6. The minimum absolute atomic E-state index is 0.608. The van der Waals surface area contributed by atoms with E-state index in [2.05, 4.69) is 41.4 Å². The molecule has 0 unspecified atom stereocenters. The van der Waals surface area contributed by atoms with Gasteiger partial charge in [-0.05, 0) is 29.8 Å². The number of hydrogen-bond donors (Lipinski definition) is 1. The minimum Gasteiger partial charge on any atom is -0.326 e. The summed E-state index contributed by atoms with van der Waals surface area (Å²) in [7, 11) is 0. The van der Waals surface area contributed by atoms with E-state index in [1.165, 1.54) is 20.7 Å². The molecule has 2 N–H and O–H groups in total. The van der Waals surface area contributed by atoms with Crippen LogP contribution >= 0.6 is 11.3 Å². The molecule has 0 saturated carbocycles. The predicted molar refractivity (Wildman–Crippen MR) is 72.9 cm³/mol. The van der Waals surface area contributed by atoms with Gasteiger partial charge in [-0.3, -0.25) is 4.98 Å². The van der Waals surface area contributed by atoms with Crippen LogP contribution in [0.3, 0.4) is 0 Å². The Morgan fingerprint density at radius 3 is 2.88 bits per heavy atom. The van der Waals surface area contributed by atoms with Crippen LogP contribution in [0.25, 0.3) is 21.3 Å². The number of nitrogens with two attached hydrogens (primary N) is 1. The van der Waals surface area contributed by atoms with E-state index >= 15 is 0 Å². The van der Waals surface area contributed by atoms with Crippen molar-refractivity contribution >= 4 is 22.2 Å². The lowest BCUT2D eigenvalue weighted by Crippen LogP contribution is -1.90. The third kappa shape index (κ3) is 1.95. The number of aromatic nitrogens is 1. The summed E-state index contributed by atoms with van der Waals surface area (Å²) in [4.78, 5) is 6.83. The highest BCUT2D eigenvalue weighted by molar-refractivity contribution is 7.15. The van der Waals surface area contributed by atoms with Crippen LogP contribution in [0.5, 0.6) is 0 Å². The van der Waals surface area contributed by atoms with Crippen molar-refractivity contribution in [3.8, 4) is 10.4 Å². The zero-order valence-corrected chi connectivity index (χ0v) is 10.1. The highest BCUT2D eigenvalue weighted by Crippen LogP contribution is 2.29. The fraction of sp³-hybridized carbons (Fsp3) is 0.0714. The van der Waals surface area contributed by atoms with Gasteiger partial charge in [-0.2, -0.15) is 0 Å². The van der Waals surface area contributed by atoms with Gasteiger partial charge < -0.3 is 5.73 Å². The van der Waals surface area contributed by atoms with Gasteiger partial charge in [0.2, 0.25) is 0 Å². The molecule has 0 aliphatic carbocycles. The second-order valence-corrected chi connectivity index (χ2v) is 5.05. The zero-order chi connectivity index (χ0) is 11.7. The van der Waals surface area contributed by atoms with Crippen LogP contribution < -0.4 is 5.73 Å². The topological polar surface area (TPSA) is 38.9 Å². The Balaban J connectivity index is 2.11. The van der Waals surface area contributed by atoms with Crippen molar-refractivity contribution in [1.82, 2.24) is 4.98 Å². The van der Waals surface area contributed by atoms with E-state index in [0.717, 1.165) is 5.52 Å². The lowest BCUT2D eigenvalue weighted by Gasteiger charge is -2.00.